The molecule has 0 radical (unpaired) electrons. The fourth-order valence-corrected chi connectivity index (χ4v) is 1.70. The number of likely N-dealkylation sites (N-methyl/N-ethyl adjacent to an activating group) is 1. The average Bonchev–Trinajstić information content (AvgIpc) is 2.27. The van der Waals surface area contributed by atoms with Gasteiger partial charge in [-0.25, -0.2) is 4.39 Å². The predicted molar refractivity (Wildman–Crippen MR) is 67.9 cm³/mol. The first-order valence-electron chi connectivity index (χ1n) is 5.61. The van der Waals surface area contributed by atoms with Crippen molar-refractivity contribution >= 4 is 17.4 Å². The highest BCUT2D eigenvalue weighted by molar-refractivity contribution is 6.30. The third-order valence-electron chi connectivity index (χ3n) is 2.62. The Kier molecular flexibility index (Phi) is 5.59. The third kappa shape index (κ3) is 5.29. The summed E-state index contributed by atoms with van der Waals surface area (Å²) < 4.78 is 13.4. The molecule has 0 aliphatic heterocycles. The molecule has 0 fully saturated rings. The van der Waals surface area contributed by atoms with Crippen molar-refractivity contribution in [2.45, 2.75) is 19.8 Å². The SMILES string of the molecule is CC(=O)CCN(C)CCc1cc(Cl)ccc1F. The van der Waals surface area contributed by atoms with Gasteiger partial charge in [-0.05, 0) is 44.2 Å². The zero-order chi connectivity index (χ0) is 12.8. The molecule has 0 spiro atoms. The van der Waals surface area contributed by atoms with E-state index in [1.165, 1.54) is 6.07 Å². The molecule has 1 aromatic carbocycles. The molecular formula is C13H17ClFNO. The molecule has 0 aliphatic rings. The Bertz CT molecular complexity index is 395. The van der Waals surface area contributed by atoms with Gasteiger partial charge in [0.25, 0.3) is 0 Å². The molecule has 0 bridgehead atoms. The van der Waals surface area contributed by atoms with Gasteiger partial charge in [-0.1, -0.05) is 11.6 Å². The van der Waals surface area contributed by atoms with E-state index in [0.717, 1.165) is 0 Å². The lowest BCUT2D eigenvalue weighted by Crippen LogP contribution is -2.24. The molecule has 1 rings (SSSR count). The van der Waals surface area contributed by atoms with Crippen molar-refractivity contribution in [3.8, 4) is 0 Å². The molecule has 1 aromatic rings. The summed E-state index contributed by atoms with van der Waals surface area (Å²) in [6, 6.07) is 4.57. The van der Waals surface area contributed by atoms with Gasteiger partial charge in [0.05, 0.1) is 0 Å². The van der Waals surface area contributed by atoms with Crippen LogP contribution in [-0.4, -0.2) is 30.8 Å². The van der Waals surface area contributed by atoms with E-state index in [1.54, 1.807) is 19.1 Å². The molecule has 94 valence electrons. The number of carbonyl (C=O) groups is 1. The van der Waals surface area contributed by atoms with Crippen LogP contribution in [0.3, 0.4) is 0 Å². The Balaban J connectivity index is 2.44. The topological polar surface area (TPSA) is 20.3 Å². The van der Waals surface area contributed by atoms with Crippen LogP contribution < -0.4 is 0 Å². The molecule has 0 aliphatic carbocycles. The molecular weight excluding hydrogens is 241 g/mol. The summed E-state index contributed by atoms with van der Waals surface area (Å²) in [6.45, 7) is 2.99. The Morgan fingerprint density at radius 2 is 2.12 bits per heavy atom. The maximum absolute atomic E-state index is 13.4. The number of ketones is 1. The quantitative estimate of drug-likeness (QED) is 0.781. The molecule has 0 heterocycles. The number of carbonyl (C=O) groups excluding carboxylic acids is 1. The van der Waals surface area contributed by atoms with Gasteiger partial charge in [0.15, 0.2) is 0 Å². The molecule has 17 heavy (non-hydrogen) atoms. The first-order valence-corrected chi connectivity index (χ1v) is 5.98. The van der Waals surface area contributed by atoms with Crippen molar-refractivity contribution in [1.29, 1.82) is 0 Å². The van der Waals surface area contributed by atoms with Gasteiger partial charge < -0.3 is 4.90 Å². The van der Waals surface area contributed by atoms with Gasteiger partial charge in [0.2, 0.25) is 0 Å². The molecule has 0 amide bonds. The van der Waals surface area contributed by atoms with Crippen LogP contribution in [0.2, 0.25) is 5.02 Å². The summed E-state index contributed by atoms with van der Waals surface area (Å²) in [5.41, 5.74) is 0.618. The molecule has 2 nitrogen and oxygen atoms in total. The largest absolute Gasteiger partial charge is 0.306 e. The van der Waals surface area contributed by atoms with E-state index in [9.17, 15) is 9.18 Å². The second-order valence-electron chi connectivity index (χ2n) is 4.24. The smallest absolute Gasteiger partial charge is 0.131 e. The Morgan fingerprint density at radius 3 is 2.76 bits per heavy atom. The van der Waals surface area contributed by atoms with Gasteiger partial charge >= 0.3 is 0 Å². The van der Waals surface area contributed by atoms with Crippen molar-refractivity contribution in [3.05, 3.63) is 34.6 Å². The highest BCUT2D eigenvalue weighted by atomic mass is 35.5. The predicted octanol–water partition coefficient (Wildman–Crippen LogP) is 2.93. The standard InChI is InChI=1S/C13H17ClFNO/c1-10(17)5-7-16(2)8-6-11-9-12(14)3-4-13(11)15/h3-4,9H,5-8H2,1-2H3. The summed E-state index contributed by atoms with van der Waals surface area (Å²) in [5.74, 6) is -0.0554. The summed E-state index contributed by atoms with van der Waals surface area (Å²) in [6.07, 6.45) is 1.13. The number of hydrogen-bond donors (Lipinski definition) is 0. The van der Waals surface area contributed by atoms with Gasteiger partial charge in [0, 0.05) is 24.5 Å². The molecule has 0 saturated carbocycles. The van der Waals surface area contributed by atoms with E-state index in [2.05, 4.69) is 0 Å². The van der Waals surface area contributed by atoms with Crippen molar-refractivity contribution < 1.29 is 9.18 Å². The molecule has 4 heteroatoms. The van der Waals surface area contributed by atoms with Crippen molar-refractivity contribution in [1.82, 2.24) is 4.90 Å². The second kappa shape index (κ2) is 6.72. The summed E-state index contributed by atoms with van der Waals surface area (Å²) >= 11 is 5.81. The average molecular weight is 258 g/mol. The maximum atomic E-state index is 13.4. The monoisotopic (exact) mass is 257 g/mol. The van der Waals surface area contributed by atoms with Crippen LogP contribution in [0.4, 0.5) is 4.39 Å². The minimum atomic E-state index is -0.227. The van der Waals surface area contributed by atoms with Gasteiger partial charge in [0.1, 0.15) is 11.6 Å². The van der Waals surface area contributed by atoms with E-state index in [1.807, 2.05) is 11.9 Å². The minimum Gasteiger partial charge on any atom is -0.306 e. The highest BCUT2D eigenvalue weighted by Crippen LogP contribution is 2.15. The Morgan fingerprint density at radius 1 is 1.41 bits per heavy atom. The molecule has 0 unspecified atom stereocenters. The van der Waals surface area contributed by atoms with Gasteiger partial charge in [-0.15, -0.1) is 0 Å². The second-order valence-corrected chi connectivity index (χ2v) is 4.68. The zero-order valence-electron chi connectivity index (χ0n) is 10.2. The lowest BCUT2D eigenvalue weighted by Gasteiger charge is -2.15. The van der Waals surface area contributed by atoms with Gasteiger partial charge in [-0.3, -0.25) is 4.79 Å². The maximum Gasteiger partial charge on any atom is 0.131 e. The minimum absolute atomic E-state index is 0.172. The number of nitrogens with zero attached hydrogens (tertiary/aromatic N) is 1. The lowest BCUT2D eigenvalue weighted by atomic mass is 10.1. The van der Waals surface area contributed by atoms with Crippen LogP contribution in [0, 0.1) is 5.82 Å². The number of rotatable bonds is 6. The lowest BCUT2D eigenvalue weighted by molar-refractivity contribution is -0.117. The van der Waals surface area contributed by atoms with E-state index in [4.69, 9.17) is 11.6 Å². The van der Waals surface area contributed by atoms with Crippen LogP contribution in [0.1, 0.15) is 18.9 Å². The van der Waals surface area contributed by atoms with Crippen LogP contribution in [0.25, 0.3) is 0 Å². The summed E-state index contributed by atoms with van der Waals surface area (Å²) in [5, 5.41) is 0.549. The van der Waals surface area contributed by atoms with Crippen molar-refractivity contribution in [2.75, 3.05) is 20.1 Å². The number of halogens is 2. The fourth-order valence-electron chi connectivity index (χ4n) is 1.51. The van der Waals surface area contributed by atoms with Gasteiger partial charge in [-0.2, -0.15) is 0 Å². The first kappa shape index (κ1) is 14.1. The first-order chi connectivity index (χ1) is 7.99. The highest BCUT2D eigenvalue weighted by Gasteiger charge is 2.05. The Labute approximate surface area is 106 Å². The molecule has 0 aromatic heterocycles. The number of Topliss-reactive ketones (excluding diaryl/α,β-unsaturated/α-hetero) is 1. The third-order valence-corrected chi connectivity index (χ3v) is 2.85. The summed E-state index contributed by atoms with van der Waals surface area (Å²) in [4.78, 5) is 12.8. The van der Waals surface area contributed by atoms with E-state index in [0.29, 0.717) is 36.5 Å². The number of benzene rings is 1. The Hall–Kier alpha value is -0.930. The van der Waals surface area contributed by atoms with Crippen LogP contribution >= 0.6 is 11.6 Å². The summed E-state index contributed by atoms with van der Waals surface area (Å²) in [7, 11) is 1.92. The van der Waals surface area contributed by atoms with E-state index in [-0.39, 0.29) is 11.6 Å². The molecule has 0 saturated heterocycles. The van der Waals surface area contributed by atoms with Crippen molar-refractivity contribution in [3.63, 3.8) is 0 Å². The normalized spacial score (nSPS) is 10.9. The van der Waals surface area contributed by atoms with E-state index >= 15 is 0 Å². The van der Waals surface area contributed by atoms with Crippen LogP contribution in [-0.2, 0) is 11.2 Å². The van der Waals surface area contributed by atoms with Crippen LogP contribution in [0.5, 0.6) is 0 Å². The van der Waals surface area contributed by atoms with E-state index < -0.39 is 0 Å². The van der Waals surface area contributed by atoms with Crippen molar-refractivity contribution in [2.24, 2.45) is 0 Å². The molecule has 0 atom stereocenters. The fraction of sp³-hybridized carbons (Fsp3) is 0.462. The number of hydrogen-bond acceptors (Lipinski definition) is 2. The molecule has 0 N–H and O–H groups in total. The zero-order valence-corrected chi connectivity index (χ0v) is 10.9. The van der Waals surface area contributed by atoms with Crippen LogP contribution in [0.15, 0.2) is 18.2 Å².